The summed E-state index contributed by atoms with van der Waals surface area (Å²) in [6, 6.07) is 13.8. The number of nitrogens with zero attached hydrogens (tertiary/aromatic N) is 4. The van der Waals surface area contributed by atoms with Gasteiger partial charge in [-0.25, -0.2) is 15.0 Å². The first-order valence-electron chi connectivity index (χ1n) is 9.85. The van der Waals surface area contributed by atoms with Crippen LogP contribution in [0.4, 0.5) is 11.5 Å². The van der Waals surface area contributed by atoms with Crippen molar-refractivity contribution in [1.82, 2.24) is 19.9 Å². The number of anilines is 2. The molecular weight excluding hydrogens is 362 g/mol. The topological polar surface area (TPSA) is 71.0 Å². The van der Waals surface area contributed by atoms with Crippen LogP contribution in [0.5, 0.6) is 0 Å². The van der Waals surface area contributed by atoms with Gasteiger partial charge in [0, 0.05) is 41.3 Å². The SMILES string of the molecule is Cc1cccc(Nc2nc3cc(C(=O)N4CCCC4)ccc3c3cncnc23)c1. The van der Waals surface area contributed by atoms with Crippen molar-refractivity contribution in [3.05, 3.63) is 66.1 Å². The van der Waals surface area contributed by atoms with Crippen molar-refractivity contribution in [3.8, 4) is 0 Å². The number of fused-ring (bicyclic) bond motifs is 3. The minimum absolute atomic E-state index is 0.0730. The molecule has 1 aliphatic heterocycles. The largest absolute Gasteiger partial charge is 0.339 e. The Labute approximate surface area is 168 Å². The maximum atomic E-state index is 12.8. The molecule has 0 radical (unpaired) electrons. The lowest BCUT2D eigenvalue weighted by atomic mass is 10.1. The van der Waals surface area contributed by atoms with Crippen molar-refractivity contribution in [2.45, 2.75) is 19.8 Å². The molecule has 4 aromatic rings. The highest BCUT2D eigenvalue weighted by molar-refractivity contribution is 6.10. The fraction of sp³-hybridized carbons (Fsp3) is 0.217. The number of amides is 1. The van der Waals surface area contributed by atoms with E-state index in [1.54, 1.807) is 6.20 Å². The lowest BCUT2D eigenvalue weighted by Crippen LogP contribution is -2.27. The summed E-state index contributed by atoms with van der Waals surface area (Å²) in [7, 11) is 0. The summed E-state index contributed by atoms with van der Waals surface area (Å²) in [5.74, 6) is 0.732. The number of aromatic nitrogens is 3. The highest BCUT2D eigenvalue weighted by Crippen LogP contribution is 2.30. The smallest absolute Gasteiger partial charge is 0.253 e. The predicted octanol–water partition coefficient (Wildman–Crippen LogP) is 4.47. The van der Waals surface area contributed by atoms with Gasteiger partial charge in [0.25, 0.3) is 5.91 Å². The first-order valence-corrected chi connectivity index (χ1v) is 9.85. The molecule has 2 aromatic heterocycles. The molecule has 3 heterocycles. The molecule has 0 aliphatic carbocycles. The van der Waals surface area contributed by atoms with Gasteiger partial charge in [-0.1, -0.05) is 18.2 Å². The van der Waals surface area contributed by atoms with Crippen LogP contribution < -0.4 is 5.32 Å². The lowest BCUT2D eigenvalue weighted by molar-refractivity contribution is 0.0793. The van der Waals surface area contributed by atoms with E-state index in [0.717, 1.165) is 59.0 Å². The van der Waals surface area contributed by atoms with Gasteiger partial charge in [-0.15, -0.1) is 0 Å². The van der Waals surface area contributed by atoms with Crippen LogP contribution in [0.2, 0.25) is 0 Å². The monoisotopic (exact) mass is 383 g/mol. The third-order valence-electron chi connectivity index (χ3n) is 5.38. The van der Waals surface area contributed by atoms with E-state index >= 15 is 0 Å². The average Bonchev–Trinajstić information content (AvgIpc) is 3.28. The first kappa shape index (κ1) is 17.6. The van der Waals surface area contributed by atoms with Gasteiger partial charge in [0.1, 0.15) is 11.8 Å². The Kier molecular flexibility index (Phi) is 4.31. The van der Waals surface area contributed by atoms with Gasteiger partial charge in [-0.3, -0.25) is 4.79 Å². The van der Waals surface area contributed by atoms with Crippen LogP contribution in [0.25, 0.3) is 21.8 Å². The summed E-state index contributed by atoms with van der Waals surface area (Å²) in [5.41, 5.74) is 4.29. The number of hydrogen-bond acceptors (Lipinski definition) is 5. The number of nitrogens with one attached hydrogen (secondary N) is 1. The molecule has 144 valence electrons. The van der Waals surface area contributed by atoms with Crippen molar-refractivity contribution in [2.75, 3.05) is 18.4 Å². The molecular formula is C23H21N5O. The molecule has 1 N–H and O–H groups in total. The summed E-state index contributed by atoms with van der Waals surface area (Å²) in [6.07, 6.45) is 5.48. The van der Waals surface area contributed by atoms with E-state index in [9.17, 15) is 4.79 Å². The number of carbonyl (C=O) groups excluding carboxylic acids is 1. The molecule has 0 spiro atoms. The Hall–Kier alpha value is -3.54. The fourth-order valence-electron chi connectivity index (χ4n) is 3.92. The number of carbonyl (C=O) groups is 1. The number of hydrogen-bond donors (Lipinski definition) is 1. The second-order valence-corrected chi connectivity index (χ2v) is 7.47. The molecule has 6 heteroatoms. The van der Waals surface area contributed by atoms with E-state index in [-0.39, 0.29) is 5.91 Å². The fourth-order valence-corrected chi connectivity index (χ4v) is 3.92. The molecule has 6 nitrogen and oxygen atoms in total. The average molecular weight is 383 g/mol. The van der Waals surface area contributed by atoms with Crippen molar-refractivity contribution >= 4 is 39.2 Å². The quantitative estimate of drug-likeness (QED) is 0.529. The van der Waals surface area contributed by atoms with E-state index < -0.39 is 0 Å². The van der Waals surface area contributed by atoms with Gasteiger partial charge in [0.15, 0.2) is 5.82 Å². The van der Waals surface area contributed by atoms with Gasteiger partial charge in [0.2, 0.25) is 0 Å². The summed E-state index contributed by atoms with van der Waals surface area (Å²) < 4.78 is 0. The predicted molar refractivity (Wildman–Crippen MR) is 114 cm³/mol. The van der Waals surface area contributed by atoms with Gasteiger partial charge in [0.05, 0.1) is 5.52 Å². The molecule has 0 saturated carbocycles. The Balaban J connectivity index is 1.63. The maximum absolute atomic E-state index is 12.8. The molecule has 0 atom stereocenters. The first-order chi connectivity index (χ1) is 14.2. The zero-order valence-electron chi connectivity index (χ0n) is 16.2. The Morgan fingerprint density at radius 1 is 1.07 bits per heavy atom. The summed E-state index contributed by atoms with van der Waals surface area (Å²) in [6.45, 7) is 3.71. The van der Waals surface area contributed by atoms with Crippen LogP contribution in [0.15, 0.2) is 55.0 Å². The van der Waals surface area contributed by atoms with Crippen molar-refractivity contribution in [1.29, 1.82) is 0 Å². The van der Waals surface area contributed by atoms with Crippen LogP contribution in [0.3, 0.4) is 0 Å². The highest BCUT2D eigenvalue weighted by Gasteiger charge is 2.20. The molecule has 29 heavy (non-hydrogen) atoms. The number of likely N-dealkylation sites (tertiary alicyclic amines) is 1. The minimum atomic E-state index is 0.0730. The summed E-state index contributed by atoms with van der Waals surface area (Å²) in [4.78, 5) is 28.2. The zero-order chi connectivity index (χ0) is 19.8. The van der Waals surface area contributed by atoms with Crippen LogP contribution in [-0.2, 0) is 0 Å². The van der Waals surface area contributed by atoms with E-state index in [0.29, 0.717) is 11.4 Å². The Morgan fingerprint density at radius 2 is 1.93 bits per heavy atom. The van der Waals surface area contributed by atoms with E-state index in [4.69, 9.17) is 4.98 Å². The zero-order valence-corrected chi connectivity index (χ0v) is 16.2. The third kappa shape index (κ3) is 3.27. The molecule has 1 fully saturated rings. The Bertz CT molecular complexity index is 1230. The normalized spacial score (nSPS) is 13.9. The van der Waals surface area contributed by atoms with Crippen molar-refractivity contribution < 1.29 is 4.79 Å². The second kappa shape index (κ2) is 7.13. The molecule has 5 rings (SSSR count). The molecule has 1 aliphatic rings. The maximum Gasteiger partial charge on any atom is 0.253 e. The van der Waals surface area contributed by atoms with E-state index in [1.165, 1.54) is 6.33 Å². The molecule has 1 saturated heterocycles. The number of benzene rings is 2. The van der Waals surface area contributed by atoms with Gasteiger partial charge in [-0.05, 0) is 49.6 Å². The van der Waals surface area contributed by atoms with Crippen LogP contribution in [0.1, 0.15) is 28.8 Å². The molecule has 2 aromatic carbocycles. The van der Waals surface area contributed by atoms with Gasteiger partial charge in [-0.2, -0.15) is 0 Å². The van der Waals surface area contributed by atoms with Crippen LogP contribution >= 0.6 is 0 Å². The van der Waals surface area contributed by atoms with E-state index in [1.807, 2.05) is 35.2 Å². The number of rotatable bonds is 3. The van der Waals surface area contributed by atoms with Crippen LogP contribution in [-0.4, -0.2) is 38.8 Å². The van der Waals surface area contributed by atoms with Crippen LogP contribution in [0, 0.1) is 6.92 Å². The van der Waals surface area contributed by atoms with E-state index in [2.05, 4.69) is 34.3 Å². The highest BCUT2D eigenvalue weighted by atomic mass is 16.2. The van der Waals surface area contributed by atoms with Gasteiger partial charge < -0.3 is 10.2 Å². The molecule has 0 bridgehead atoms. The summed E-state index contributed by atoms with van der Waals surface area (Å²) in [5, 5.41) is 5.24. The minimum Gasteiger partial charge on any atom is -0.339 e. The summed E-state index contributed by atoms with van der Waals surface area (Å²) >= 11 is 0. The van der Waals surface area contributed by atoms with Crippen molar-refractivity contribution in [3.63, 3.8) is 0 Å². The third-order valence-corrected chi connectivity index (χ3v) is 5.38. The number of pyridine rings is 1. The Morgan fingerprint density at radius 3 is 2.76 bits per heavy atom. The van der Waals surface area contributed by atoms with Crippen molar-refractivity contribution in [2.24, 2.45) is 0 Å². The standard InChI is InChI=1S/C23H21N5O/c1-15-5-4-6-17(11-15)26-22-21-19(13-24-14-25-21)18-8-7-16(12-20(18)27-22)23(29)28-9-2-3-10-28/h4-8,11-14H,2-3,9-10H2,1H3,(H,26,27). The molecule has 1 amide bonds. The second-order valence-electron chi connectivity index (χ2n) is 7.47. The molecule has 0 unspecified atom stereocenters. The number of aryl methyl sites for hydroxylation is 1. The van der Waals surface area contributed by atoms with Gasteiger partial charge >= 0.3 is 0 Å². The lowest BCUT2D eigenvalue weighted by Gasteiger charge is -2.16.